The highest BCUT2D eigenvalue weighted by atomic mass is 32.2. The highest BCUT2D eigenvalue weighted by molar-refractivity contribution is 7.89. The molecule has 0 aromatic heterocycles. The van der Waals surface area contributed by atoms with E-state index in [0.717, 1.165) is 11.1 Å². The van der Waals surface area contributed by atoms with Crippen LogP contribution >= 0.6 is 0 Å². The third-order valence-corrected chi connectivity index (χ3v) is 4.12. The van der Waals surface area contributed by atoms with Crippen molar-refractivity contribution in [3.05, 3.63) is 29.3 Å². The molecule has 1 rings (SSSR count). The summed E-state index contributed by atoms with van der Waals surface area (Å²) >= 11 is 0. The summed E-state index contributed by atoms with van der Waals surface area (Å²) in [7, 11) is -3.41. The zero-order valence-electron chi connectivity index (χ0n) is 10.2. The molecule has 0 fully saturated rings. The van der Waals surface area contributed by atoms with Gasteiger partial charge in [0.2, 0.25) is 10.0 Å². The van der Waals surface area contributed by atoms with E-state index in [4.69, 9.17) is 5.11 Å². The predicted octanol–water partition coefficient (Wildman–Crippen LogP) is 1.35. The van der Waals surface area contributed by atoms with Crippen LogP contribution < -0.4 is 4.72 Å². The Hall–Kier alpha value is -0.910. The van der Waals surface area contributed by atoms with Crippen molar-refractivity contribution in [2.75, 3.05) is 13.2 Å². The number of hydrogen-bond donors (Lipinski definition) is 2. The molecule has 5 heteroatoms. The molecule has 2 N–H and O–H groups in total. The fraction of sp³-hybridized carbons (Fsp3) is 0.500. The summed E-state index contributed by atoms with van der Waals surface area (Å²) in [6.45, 7) is 4.28. The molecule has 4 nitrogen and oxygen atoms in total. The zero-order chi connectivity index (χ0) is 12.9. The molecular weight excluding hydrogens is 238 g/mol. The first-order valence-electron chi connectivity index (χ1n) is 5.65. The lowest BCUT2D eigenvalue weighted by molar-refractivity contribution is 0.285. The lowest BCUT2D eigenvalue weighted by Gasteiger charge is -2.08. The first kappa shape index (κ1) is 14.2. The number of aliphatic hydroxyl groups excluding tert-OH is 1. The van der Waals surface area contributed by atoms with E-state index in [1.54, 1.807) is 18.2 Å². The SMILES string of the molecule is Cc1ccc(S(=O)(=O)NCCCCO)cc1C. The first-order chi connectivity index (χ1) is 7.97. The fourth-order valence-corrected chi connectivity index (χ4v) is 2.57. The van der Waals surface area contributed by atoms with Crippen molar-refractivity contribution in [3.63, 3.8) is 0 Å². The molecule has 0 heterocycles. The average Bonchev–Trinajstić information content (AvgIpc) is 2.28. The Morgan fingerprint density at radius 1 is 1.18 bits per heavy atom. The molecule has 0 radical (unpaired) electrons. The average molecular weight is 257 g/mol. The van der Waals surface area contributed by atoms with E-state index in [-0.39, 0.29) is 6.61 Å². The molecule has 0 amide bonds. The molecule has 0 atom stereocenters. The van der Waals surface area contributed by atoms with E-state index in [2.05, 4.69) is 4.72 Å². The fourth-order valence-electron chi connectivity index (χ4n) is 1.41. The Bertz CT molecular complexity index is 469. The first-order valence-corrected chi connectivity index (χ1v) is 7.13. The second-order valence-corrected chi connectivity index (χ2v) is 5.84. The molecule has 0 aliphatic heterocycles. The Morgan fingerprint density at radius 3 is 2.47 bits per heavy atom. The normalized spacial score (nSPS) is 11.7. The third kappa shape index (κ3) is 4.11. The monoisotopic (exact) mass is 257 g/mol. The maximum Gasteiger partial charge on any atom is 0.240 e. The van der Waals surface area contributed by atoms with E-state index in [1.807, 2.05) is 13.8 Å². The number of benzene rings is 1. The van der Waals surface area contributed by atoms with Crippen LogP contribution in [0.5, 0.6) is 0 Å². The number of nitrogens with one attached hydrogen (secondary N) is 1. The van der Waals surface area contributed by atoms with Crippen molar-refractivity contribution in [2.24, 2.45) is 0 Å². The topological polar surface area (TPSA) is 66.4 Å². The minimum Gasteiger partial charge on any atom is -0.396 e. The maximum absolute atomic E-state index is 11.9. The van der Waals surface area contributed by atoms with Gasteiger partial charge in [-0.15, -0.1) is 0 Å². The van der Waals surface area contributed by atoms with Gasteiger partial charge in [0.1, 0.15) is 0 Å². The van der Waals surface area contributed by atoms with E-state index in [1.165, 1.54) is 0 Å². The summed E-state index contributed by atoms with van der Waals surface area (Å²) in [5.74, 6) is 0. The van der Waals surface area contributed by atoms with Crippen LogP contribution in [-0.4, -0.2) is 26.7 Å². The highest BCUT2D eigenvalue weighted by Gasteiger charge is 2.13. The number of rotatable bonds is 6. The lowest BCUT2D eigenvalue weighted by atomic mass is 10.1. The summed E-state index contributed by atoms with van der Waals surface area (Å²) in [6.07, 6.45) is 1.25. The van der Waals surface area contributed by atoms with Gasteiger partial charge in [0.25, 0.3) is 0 Å². The summed E-state index contributed by atoms with van der Waals surface area (Å²) in [4.78, 5) is 0.296. The predicted molar refractivity (Wildman–Crippen MR) is 67.4 cm³/mol. The van der Waals surface area contributed by atoms with Gasteiger partial charge in [0, 0.05) is 13.2 Å². The van der Waals surface area contributed by atoms with Crippen molar-refractivity contribution >= 4 is 10.0 Å². The van der Waals surface area contributed by atoms with Gasteiger partial charge in [-0.1, -0.05) is 6.07 Å². The van der Waals surface area contributed by atoms with Gasteiger partial charge >= 0.3 is 0 Å². The molecule has 0 saturated heterocycles. The number of unbranched alkanes of at least 4 members (excludes halogenated alkanes) is 1. The Morgan fingerprint density at radius 2 is 1.88 bits per heavy atom. The largest absolute Gasteiger partial charge is 0.396 e. The molecular formula is C12H19NO3S. The molecule has 1 aromatic rings. The number of sulfonamides is 1. The van der Waals surface area contributed by atoms with Gasteiger partial charge in [-0.05, 0) is 49.9 Å². The van der Waals surface area contributed by atoms with E-state index < -0.39 is 10.0 Å². The standard InChI is InChI=1S/C12H19NO3S/c1-10-5-6-12(9-11(10)2)17(15,16)13-7-3-4-8-14/h5-6,9,13-14H,3-4,7-8H2,1-2H3. The van der Waals surface area contributed by atoms with Crippen LogP contribution in [0.3, 0.4) is 0 Å². The van der Waals surface area contributed by atoms with Crippen molar-refractivity contribution in [3.8, 4) is 0 Å². The highest BCUT2D eigenvalue weighted by Crippen LogP contribution is 2.14. The molecule has 0 unspecified atom stereocenters. The Balaban J connectivity index is 2.72. The molecule has 96 valence electrons. The number of hydrogen-bond acceptors (Lipinski definition) is 3. The molecule has 0 aliphatic rings. The van der Waals surface area contributed by atoms with E-state index in [9.17, 15) is 8.42 Å². The Labute approximate surface area is 103 Å². The zero-order valence-corrected chi connectivity index (χ0v) is 11.0. The smallest absolute Gasteiger partial charge is 0.240 e. The van der Waals surface area contributed by atoms with Gasteiger partial charge in [-0.25, -0.2) is 13.1 Å². The van der Waals surface area contributed by atoms with Gasteiger partial charge < -0.3 is 5.11 Å². The maximum atomic E-state index is 11.9. The Kier molecular flexibility index (Phi) is 5.11. The van der Waals surface area contributed by atoms with Crippen LogP contribution in [0.25, 0.3) is 0 Å². The molecule has 0 bridgehead atoms. The number of aliphatic hydroxyl groups is 1. The van der Waals surface area contributed by atoms with Gasteiger partial charge in [0.05, 0.1) is 4.90 Å². The summed E-state index contributed by atoms with van der Waals surface area (Å²) in [5, 5.41) is 8.60. The van der Waals surface area contributed by atoms with Crippen LogP contribution in [0.2, 0.25) is 0 Å². The second kappa shape index (κ2) is 6.14. The summed E-state index contributed by atoms with van der Waals surface area (Å²) < 4.78 is 26.3. The summed E-state index contributed by atoms with van der Waals surface area (Å²) in [6, 6.07) is 5.08. The van der Waals surface area contributed by atoms with Crippen LogP contribution in [0, 0.1) is 13.8 Å². The molecule has 0 spiro atoms. The minimum absolute atomic E-state index is 0.0887. The van der Waals surface area contributed by atoms with E-state index >= 15 is 0 Å². The molecule has 17 heavy (non-hydrogen) atoms. The molecule has 1 aromatic carbocycles. The van der Waals surface area contributed by atoms with Crippen LogP contribution in [-0.2, 0) is 10.0 Å². The van der Waals surface area contributed by atoms with Crippen molar-refractivity contribution in [1.29, 1.82) is 0 Å². The van der Waals surface area contributed by atoms with Crippen LogP contribution in [0.1, 0.15) is 24.0 Å². The van der Waals surface area contributed by atoms with Crippen molar-refractivity contribution in [1.82, 2.24) is 4.72 Å². The quantitative estimate of drug-likeness (QED) is 0.756. The van der Waals surface area contributed by atoms with Gasteiger partial charge in [-0.3, -0.25) is 0 Å². The van der Waals surface area contributed by atoms with Crippen molar-refractivity contribution < 1.29 is 13.5 Å². The minimum atomic E-state index is -3.41. The number of aryl methyl sites for hydroxylation is 2. The lowest BCUT2D eigenvalue weighted by Crippen LogP contribution is -2.25. The van der Waals surface area contributed by atoms with Crippen molar-refractivity contribution in [2.45, 2.75) is 31.6 Å². The van der Waals surface area contributed by atoms with E-state index in [0.29, 0.717) is 24.3 Å². The van der Waals surface area contributed by atoms with Crippen LogP contribution in [0.4, 0.5) is 0 Å². The molecule has 0 saturated carbocycles. The third-order valence-electron chi connectivity index (χ3n) is 2.67. The second-order valence-electron chi connectivity index (χ2n) is 4.07. The van der Waals surface area contributed by atoms with Crippen LogP contribution in [0.15, 0.2) is 23.1 Å². The van der Waals surface area contributed by atoms with Gasteiger partial charge in [0.15, 0.2) is 0 Å². The molecule has 0 aliphatic carbocycles. The summed E-state index contributed by atoms with van der Waals surface area (Å²) in [5.41, 5.74) is 2.03. The van der Waals surface area contributed by atoms with Gasteiger partial charge in [-0.2, -0.15) is 0 Å².